The number of anilines is 1. The summed E-state index contributed by atoms with van der Waals surface area (Å²) >= 11 is 6.23. The molecule has 2 N–H and O–H groups in total. The van der Waals surface area contributed by atoms with Crippen molar-refractivity contribution in [1.29, 1.82) is 0 Å². The van der Waals surface area contributed by atoms with Crippen molar-refractivity contribution in [3.05, 3.63) is 59.6 Å². The number of aromatic nitrogens is 5. The number of nitrogens with one attached hydrogen (secondary N) is 1. The molecule has 4 heterocycles. The number of rotatable bonds is 5. The molecule has 164 valence electrons. The van der Waals surface area contributed by atoms with Crippen molar-refractivity contribution >= 4 is 28.8 Å². The van der Waals surface area contributed by atoms with E-state index in [-0.39, 0.29) is 12.6 Å². The van der Waals surface area contributed by atoms with E-state index in [1.165, 1.54) is 10.7 Å². The van der Waals surface area contributed by atoms with Gasteiger partial charge in [-0.15, -0.1) is 0 Å². The number of benzene rings is 1. The first-order valence-electron chi connectivity index (χ1n) is 9.83. The molecule has 1 fully saturated rings. The average molecular weight is 455 g/mol. The highest BCUT2D eigenvalue weighted by Crippen LogP contribution is 2.37. The van der Waals surface area contributed by atoms with Gasteiger partial charge in [-0.1, -0.05) is 11.6 Å². The molecular weight excluding hydrogens is 436 g/mol. The molecule has 0 radical (unpaired) electrons. The summed E-state index contributed by atoms with van der Waals surface area (Å²) in [6, 6.07) is 6.48. The van der Waals surface area contributed by atoms with Gasteiger partial charge in [-0.05, 0) is 24.3 Å². The number of methoxy groups -OCH3 is 1. The number of hydrogen-bond donors (Lipinski definition) is 2. The Morgan fingerprint density at radius 2 is 2.25 bits per heavy atom. The maximum Gasteiger partial charge on any atom is 0.261 e. The van der Waals surface area contributed by atoms with Gasteiger partial charge in [0.15, 0.2) is 5.65 Å². The van der Waals surface area contributed by atoms with Crippen LogP contribution < -0.4 is 10.1 Å². The topological polar surface area (TPSA) is 116 Å². The molecule has 32 heavy (non-hydrogen) atoms. The van der Waals surface area contributed by atoms with Crippen LogP contribution in [0.3, 0.4) is 0 Å². The molecule has 5 rings (SSSR count). The molecule has 11 heteroatoms. The van der Waals surface area contributed by atoms with E-state index in [2.05, 4.69) is 20.5 Å². The summed E-state index contributed by atoms with van der Waals surface area (Å²) in [4.78, 5) is 17.3. The van der Waals surface area contributed by atoms with E-state index in [1.54, 1.807) is 54.6 Å². The minimum Gasteiger partial charge on any atom is -0.496 e. The highest BCUT2D eigenvalue weighted by Gasteiger charge is 2.30. The molecule has 1 aromatic carbocycles. The van der Waals surface area contributed by atoms with Gasteiger partial charge < -0.3 is 19.9 Å². The fourth-order valence-corrected chi connectivity index (χ4v) is 3.85. The van der Waals surface area contributed by atoms with Crippen LogP contribution in [0.25, 0.3) is 16.9 Å². The number of nitrogens with zero attached hydrogens (tertiary/aromatic N) is 5. The second kappa shape index (κ2) is 8.23. The Labute approximate surface area is 187 Å². The van der Waals surface area contributed by atoms with Crippen LogP contribution in [0.4, 0.5) is 5.69 Å². The fraction of sp³-hybridized carbons (Fsp3) is 0.238. The lowest BCUT2D eigenvalue weighted by Crippen LogP contribution is -2.22. The van der Waals surface area contributed by atoms with Crippen molar-refractivity contribution in [3.63, 3.8) is 0 Å². The van der Waals surface area contributed by atoms with E-state index in [1.807, 2.05) is 0 Å². The van der Waals surface area contributed by atoms with Crippen LogP contribution in [0.1, 0.15) is 16.4 Å². The number of hydrogen-bond acceptors (Lipinski definition) is 7. The summed E-state index contributed by atoms with van der Waals surface area (Å²) in [5.41, 5.74) is 2.21. The first-order valence-corrected chi connectivity index (χ1v) is 10.2. The maximum absolute atomic E-state index is 13.1. The molecule has 1 amide bonds. The molecule has 0 bridgehead atoms. The lowest BCUT2D eigenvalue weighted by molar-refractivity contribution is 0.102. The quantitative estimate of drug-likeness (QED) is 0.475. The summed E-state index contributed by atoms with van der Waals surface area (Å²) < 4.78 is 14.0. The van der Waals surface area contributed by atoms with Gasteiger partial charge in [0, 0.05) is 29.2 Å². The summed E-state index contributed by atoms with van der Waals surface area (Å²) in [7, 11) is 1.54. The molecule has 0 saturated carbocycles. The van der Waals surface area contributed by atoms with Gasteiger partial charge in [-0.2, -0.15) is 10.2 Å². The first kappa shape index (κ1) is 20.4. The number of ether oxygens (including phenoxy) is 2. The van der Waals surface area contributed by atoms with E-state index in [0.29, 0.717) is 45.5 Å². The molecule has 1 saturated heterocycles. The predicted octanol–water partition coefficient (Wildman–Crippen LogP) is 2.44. The van der Waals surface area contributed by atoms with Gasteiger partial charge in [-0.25, -0.2) is 9.50 Å². The van der Waals surface area contributed by atoms with Crippen LogP contribution >= 0.6 is 11.6 Å². The zero-order chi connectivity index (χ0) is 22.2. The normalized spacial score (nSPS) is 18.2. The Hall–Kier alpha value is -3.47. The SMILES string of the molecule is COc1ccc(Cl)cc1-c1nn(C2COCC2O)cc1NC(=O)c1cnn2cccnc12. The summed E-state index contributed by atoms with van der Waals surface area (Å²) in [5.74, 6) is 0.139. The zero-order valence-corrected chi connectivity index (χ0v) is 17.7. The van der Waals surface area contributed by atoms with Crippen LogP contribution in [-0.2, 0) is 4.74 Å². The maximum atomic E-state index is 13.1. The van der Waals surface area contributed by atoms with Crippen molar-refractivity contribution in [2.75, 3.05) is 25.6 Å². The predicted molar refractivity (Wildman–Crippen MR) is 116 cm³/mol. The van der Waals surface area contributed by atoms with E-state index in [9.17, 15) is 9.90 Å². The van der Waals surface area contributed by atoms with Gasteiger partial charge in [0.25, 0.3) is 5.91 Å². The number of halogens is 1. The highest BCUT2D eigenvalue weighted by atomic mass is 35.5. The monoisotopic (exact) mass is 454 g/mol. The largest absolute Gasteiger partial charge is 0.496 e. The zero-order valence-electron chi connectivity index (χ0n) is 17.0. The average Bonchev–Trinajstić information content (AvgIpc) is 3.51. The van der Waals surface area contributed by atoms with Crippen molar-refractivity contribution in [3.8, 4) is 17.0 Å². The number of carbonyl (C=O) groups is 1. The number of fused-ring (bicyclic) bond motifs is 1. The van der Waals surface area contributed by atoms with Crippen LogP contribution in [0.2, 0.25) is 5.02 Å². The molecule has 3 aromatic heterocycles. The van der Waals surface area contributed by atoms with Crippen LogP contribution in [0, 0.1) is 0 Å². The molecule has 4 aromatic rings. The Morgan fingerprint density at radius 3 is 3.03 bits per heavy atom. The smallest absolute Gasteiger partial charge is 0.261 e. The van der Waals surface area contributed by atoms with Crippen LogP contribution in [-0.4, -0.2) is 61.8 Å². The molecule has 1 aliphatic rings. The van der Waals surface area contributed by atoms with Gasteiger partial charge in [-0.3, -0.25) is 9.48 Å². The lowest BCUT2D eigenvalue weighted by atomic mass is 10.1. The molecule has 1 aliphatic heterocycles. The molecule has 2 atom stereocenters. The summed E-state index contributed by atoms with van der Waals surface area (Å²) in [6.45, 7) is 0.524. The van der Waals surface area contributed by atoms with Crippen molar-refractivity contribution in [2.24, 2.45) is 0 Å². The van der Waals surface area contributed by atoms with Crippen LogP contribution in [0.15, 0.2) is 49.1 Å². The summed E-state index contributed by atoms with van der Waals surface area (Å²) in [6.07, 6.45) is 5.71. The van der Waals surface area contributed by atoms with Crippen molar-refractivity contribution in [2.45, 2.75) is 12.1 Å². The van der Waals surface area contributed by atoms with Crippen molar-refractivity contribution in [1.82, 2.24) is 24.4 Å². The standard InChI is InChI=1S/C21H19ClN6O4/c1-31-18-4-3-12(22)7-13(18)19-15(9-28(26-19)16-10-32-11-17(16)29)25-21(30)14-8-24-27-6-2-5-23-20(14)27/h2-9,16-17,29H,10-11H2,1H3,(H,25,30). The van der Waals surface area contributed by atoms with Crippen molar-refractivity contribution < 1.29 is 19.4 Å². The third-order valence-corrected chi connectivity index (χ3v) is 5.52. The minimum absolute atomic E-state index is 0.218. The Bertz CT molecular complexity index is 1300. The van der Waals surface area contributed by atoms with Gasteiger partial charge in [0.2, 0.25) is 0 Å². The molecule has 2 unspecified atom stereocenters. The van der Waals surface area contributed by atoms with Crippen LogP contribution in [0.5, 0.6) is 5.75 Å². The number of aliphatic hydroxyl groups is 1. The Morgan fingerprint density at radius 1 is 1.38 bits per heavy atom. The van der Waals surface area contributed by atoms with E-state index < -0.39 is 12.0 Å². The van der Waals surface area contributed by atoms with Gasteiger partial charge in [0.1, 0.15) is 29.2 Å². The molecule has 10 nitrogen and oxygen atoms in total. The van der Waals surface area contributed by atoms with E-state index >= 15 is 0 Å². The Kier molecular flexibility index (Phi) is 5.25. The van der Waals surface area contributed by atoms with Gasteiger partial charge in [0.05, 0.1) is 32.2 Å². The van der Waals surface area contributed by atoms with Gasteiger partial charge >= 0.3 is 0 Å². The Balaban J connectivity index is 1.58. The second-order valence-corrected chi connectivity index (χ2v) is 7.72. The molecule has 0 spiro atoms. The minimum atomic E-state index is -0.712. The fourth-order valence-electron chi connectivity index (χ4n) is 3.68. The first-order chi connectivity index (χ1) is 15.5. The second-order valence-electron chi connectivity index (χ2n) is 7.29. The third kappa shape index (κ3) is 3.58. The third-order valence-electron chi connectivity index (χ3n) is 5.28. The summed E-state index contributed by atoms with van der Waals surface area (Å²) in [5, 5.41) is 22.5. The van der Waals surface area contributed by atoms with E-state index in [4.69, 9.17) is 21.1 Å². The van der Waals surface area contributed by atoms with E-state index in [0.717, 1.165) is 0 Å². The molecule has 0 aliphatic carbocycles. The number of carbonyl (C=O) groups excluding carboxylic acids is 1. The number of aliphatic hydroxyl groups excluding tert-OH is 1. The number of amides is 1. The highest BCUT2D eigenvalue weighted by molar-refractivity contribution is 6.31. The molecular formula is C21H19ClN6O4. The lowest BCUT2D eigenvalue weighted by Gasteiger charge is -2.12.